The van der Waals surface area contributed by atoms with Gasteiger partial charge in [-0.3, -0.25) is 14.5 Å². The summed E-state index contributed by atoms with van der Waals surface area (Å²) in [4.78, 5) is 28.8. The van der Waals surface area contributed by atoms with Crippen molar-refractivity contribution in [2.45, 2.75) is 88.9 Å². The quantitative estimate of drug-likeness (QED) is 0.537. The Morgan fingerprint density at radius 1 is 1.03 bits per heavy atom. The first-order chi connectivity index (χ1) is 16.0. The third kappa shape index (κ3) is 6.15. The molecule has 1 aromatic rings. The minimum absolute atomic E-state index is 0.0270. The van der Waals surface area contributed by atoms with E-state index >= 15 is 0 Å². The van der Waals surface area contributed by atoms with Gasteiger partial charge in [0.15, 0.2) is 0 Å². The van der Waals surface area contributed by atoms with Crippen LogP contribution in [0.25, 0.3) is 0 Å². The normalized spacial score (nSPS) is 27.6. The van der Waals surface area contributed by atoms with Crippen molar-refractivity contribution in [3.05, 3.63) is 35.9 Å². The molecule has 1 aromatic carbocycles. The van der Waals surface area contributed by atoms with Gasteiger partial charge >= 0.3 is 0 Å². The molecule has 2 amide bonds. The maximum absolute atomic E-state index is 13.6. The van der Waals surface area contributed by atoms with E-state index in [0.29, 0.717) is 12.0 Å². The van der Waals surface area contributed by atoms with Crippen LogP contribution in [0.15, 0.2) is 30.3 Å². The molecule has 3 N–H and O–H groups in total. The van der Waals surface area contributed by atoms with Gasteiger partial charge in [-0.05, 0) is 69.9 Å². The largest absolute Gasteiger partial charge is 0.350 e. The highest BCUT2D eigenvalue weighted by molar-refractivity contribution is 5.90. The lowest BCUT2D eigenvalue weighted by atomic mass is 9.76. The van der Waals surface area contributed by atoms with Crippen LogP contribution >= 0.6 is 0 Å². The monoisotopic (exact) mass is 454 g/mol. The van der Waals surface area contributed by atoms with Crippen LogP contribution in [0.5, 0.6) is 0 Å². The van der Waals surface area contributed by atoms with Gasteiger partial charge in [-0.15, -0.1) is 0 Å². The highest BCUT2D eigenvalue weighted by atomic mass is 16.2. The molecule has 0 radical (unpaired) electrons. The highest BCUT2D eigenvalue weighted by Gasteiger charge is 2.42. The predicted octanol–water partition coefficient (Wildman–Crippen LogP) is 2.87. The van der Waals surface area contributed by atoms with E-state index < -0.39 is 6.04 Å². The molecular formula is C27H42N4O2. The Kier molecular flexibility index (Phi) is 8.42. The molecule has 6 nitrogen and oxygen atoms in total. The Morgan fingerprint density at radius 2 is 1.79 bits per heavy atom. The van der Waals surface area contributed by atoms with Crippen molar-refractivity contribution in [2.24, 2.45) is 11.8 Å². The topological polar surface area (TPSA) is 73.5 Å². The zero-order valence-electron chi connectivity index (χ0n) is 20.4. The summed E-state index contributed by atoms with van der Waals surface area (Å²) in [5.74, 6) is 0.835. The third-order valence-electron chi connectivity index (χ3n) is 8.27. The van der Waals surface area contributed by atoms with Crippen molar-refractivity contribution >= 4 is 11.8 Å². The second-order valence-electron chi connectivity index (χ2n) is 10.5. The van der Waals surface area contributed by atoms with Gasteiger partial charge in [0.05, 0.1) is 6.04 Å². The number of hydrogen-bond acceptors (Lipinski definition) is 4. The molecule has 2 bridgehead atoms. The molecule has 2 aliphatic carbocycles. The van der Waals surface area contributed by atoms with Crippen molar-refractivity contribution in [2.75, 3.05) is 20.1 Å². The molecule has 5 atom stereocenters. The van der Waals surface area contributed by atoms with Crippen LogP contribution in [-0.4, -0.2) is 61.0 Å². The predicted molar refractivity (Wildman–Crippen MR) is 132 cm³/mol. The van der Waals surface area contributed by atoms with Crippen molar-refractivity contribution in [3.63, 3.8) is 0 Å². The number of rotatable bonds is 9. The first-order valence-electron chi connectivity index (χ1n) is 13.1. The van der Waals surface area contributed by atoms with Gasteiger partial charge in [0.25, 0.3) is 0 Å². The summed E-state index contributed by atoms with van der Waals surface area (Å²) in [7, 11) is 1.78. The Bertz CT molecular complexity index is 780. The molecule has 5 rings (SSSR count). The zero-order valence-corrected chi connectivity index (χ0v) is 20.4. The van der Waals surface area contributed by atoms with Crippen LogP contribution in [-0.2, 0) is 16.0 Å². The zero-order chi connectivity index (χ0) is 23.2. The number of piperidine rings is 2. The second kappa shape index (κ2) is 11.5. The summed E-state index contributed by atoms with van der Waals surface area (Å²) in [6.07, 6.45) is 10.1. The number of nitrogens with one attached hydrogen (secondary N) is 3. The van der Waals surface area contributed by atoms with E-state index in [9.17, 15) is 9.59 Å². The van der Waals surface area contributed by atoms with Gasteiger partial charge in [-0.25, -0.2) is 0 Å². The molecule has 0 unspecified atom stereocenters. The molecule has 33 heavy (non-hydrogen) atoms. The first-order valence-corrected chi connectivity index (χ1v) is 13.1. The standard InChI is InChI=1S/C27H42N4O2/c1-19(28-2)26(32)30-25(22-11-7-4-8-12-22)27(33)29-23-17-21-13-14-24(23)31(18-21)16-15-20-9-5-3-6-10-20/h3,5-6,9-10,19,21-25,28H,4,7-8,11-18H2,1-2H3,(H,29,33)(H,30,32)/t19-,21-,23-,24+,25-/m0/s1. The van der Waals surface area contributed by atoms with Gasteiger partial charge in [0, 0.05) is 25.2 Å². The SMILES string of the molecule is CN[C@@H](C)C(=O)N[C@H](C(=O)N[C@H]1C[C@@H]2CC[C@H]1N(CCc1ccccc1)C2)C1CCCCC1. The smallest absolute Gasteiger partial charge is 0.243 e. The molecule has 6 heteroatoms. The van der Waals surface area contributed by atoms with Crippen LogP contribution in [0, 0.1) is 11.8 Å². The molecule has 0 spiro atoms. The van der Waals surface area contributed by atoms with Gasteiger partial charge in [-0.1, -0.05) is 49.6 Å². The summed E-state index contributed by atoms with van der Waals surface area (Å²) in [5.41, 5.74) is 1.37. The summed E-state index contributed by atoms with van der Waals surface area (Å²) >= 11 is 0. The number of carbonyl (C=O) groups excluding carboxylic acids is 2. The summed E-state index contributed by atoms with van der Waals surface area (Å²) in [6.45, 7) is 4.03. The molecule has 4 aliphatic rings. The molecule has 2 heterocycles. The van der Waals surface area contributed by atoms with Crippen molar-refractivity contribution in [1.29, 1.82) is 0 Å². The number of carbonyl (C=O) groups is 2. The number of likely N-dealkylation sites (N-methyl/N-ethyl adjacent to an activating group) is 1. The molecule has 2 saturated heterocycles. The van der Waals surface area contributed by atoms with Crippen molar-refractivity contribution in [1.82, 2.24) is 20.9 Å². The lowest BCUT2D eigenvalue weighted by Crippen LogP contribution is -2.64. The van der Waals surface area contributed by atoms with Gasteiger partial charge in [0.1, 0.15) is 6.04 Å². The number of hydrogen-bond donors (Lipinski definition) is 3. The fourth-order valence-corrected chi connectivity index (χ4v) is 6.19. The van der Waals surface area contributed by atoms with E-state index in [1.165, 1.54) is 18.4 Å². The van der Waals surface area contributed by atoms with E-state index in [1.807, 2.05) is 6.92 Å². The van der Waals surface area contributed by atoms with Gasteiger partial charge in [0.2, 0.25) is 11.8 Å². The van der Waals surface area contributed by atoms with E-state index in [-0.39, 0.29) is 29.8 Å². The van der Waals surface area contributed by atoms with Crippen LogP contribution < -0.4 is 16.0 Å². The summed E-state index contributed by atoms with van der Waals surface area (Å²) in [6, 6.07) is 10.5. The average molecular weight is 455 g/mol. The molecule has 182 valence electrons. The van der Waals surface area contributed by atoms with Crippen molar-refractivity contribution in [3.8, 4) is 0 Å². The average Bonchev–Trinajstić information content (AvgIpc) is 2.86. The summed E-state index contributed by atoms with van der Waals surface area (Å²) in [5, 5.41) is 9.52. The Balaban J connectivity index is 1.40. The number of benzene rings is 1. The van der Waals surface area contributed by atoms with Crippen LogP contribution in [0.1, 0.15) is 63.9 Å². The van der Waals surface area contributed by atoms with Crippen LogP contribution in [0.2, 0.25) is 0 Å². The van der Waals surface area contributed by atoms with Gasteiger partial charge in [-0.2, -0.15) is 0 Å². The second-order valence-corrected chi connectivity index (χ2v) is 10.5. The maximum atomic E-state index is 13.6. The molecule has 4 fully saturated rings. The van der Waals surface area contributed by atoms with Crippen LogP contribution in [0.4, 0.5) is 0 Å². The molecule has 0 aromatic heterocycles. The minimum Gasteiger partial charge on any atom is -0.350 e. The Hall–Kier alpha value is -1.92. The number of amides is 2. The van der Waals surface area contributed by atoms with E-state index in [2.05, 4.69) is 51.2 Å². The third-order valence-corrected chi connectivity index (χ3v) is 8.27. The number of nitrogens with zero attached hydrogens (tertiary/aromatic N) is 1. The maximum Gasteiger partial charge on any atom is 0.243 e. The van der Waals surface area contributed by atoms with Crippen molar-refractivity contribution < 1.29 is 9.59 Å². The molecule has 2 aliphatic heterocycles. The lowest BCUT2D eigenvalue weighted by Gasteiger charge is -2.50. The highest BCUT2D eigenvalue weighted by Crippen LogP contribution is 2.35. The minimum atomic E-state index is -0.424. The Labute approximate surface area is 199 Å². The van der Waals surface area contributed by atoms with Gasteiger partial charge < -0.3 is 16.0 Å². The fourth-order valence-electron chi connectivity index (χ4n) is 6.19. The van der Waals surface area contributed by atoms with E-state index in [0.717, 1.165) is 58.0 Å². The van der Waals surface area contributed by atoms with Crippen LogP contribution in [0.3, 0.4) is 0 Å². The number of fused-ring (bicyclic) bond motifs is 3. The van der Waals surface area contributed by atoms with E-state index in [4.69, 9.17) is 0 Å². The van der Waals surface area contributed by atoms with E-state index in [1.54, 1.807) is 7.05 Å². The first kappa shape index (κ1) is 24.2. The molecular weight excluding hydrogens is 412 g/mol. The molecule has 2 saturated carbocycles. The Morgan fingerprint density at radius 3 is 2.48 bits per heavy atom. The lowest BCUT2D eigenvalue weighted by molar-refractivity contribution is -0.133. The summed E-state index contributed by atoms with van der Waals surface area (Å²) < 4.78 is 0. The fraction of sp³-hybridized carbons (Fsp3) is 0.704.